The first-order chi connectivity index (χ1) is 19.0. The number of phenolic OH excluding ortho intramolecular Hbond substituents is 1. The molecular formula is C28H22Br2Cl2N2O6. The number of amides is 4. The van der Waals surface area contributed by atoms with Gasteiger partial charge in [0.05, 0.1) is 30.1 Å². The topological polar surface area (TPSA) is 104 Å². The highest BCUT2D eigenvalue weighted by molar-refractivity contribution is 9.10. The van der Waals surface area contributed by atoms with Gasteiger partial charge in [-0.25, -0.2) is 0 Å². The SMILES string of the molecule is COc1cc(O)ccc1[C@H]1C2=CC[C@@H]3C(=O)N(c4ccc(Br)cc4)C(=O)[C@@H]3[C@@H]2C[C@@]2(Cl)C(=O)N(CBr)C(=O)[C@@]12Cl. The maximum atomic E-state index is 14.0. The third-order valence-electron chi connectivity index (χ3n) is 8.63. The molecule has 0 unspecified atom stereocenters. The average Bonchev–Trinajstić information content (AvgIpc) is 3.27. The molecular weight excluding hydrogens is 691 g/mol. The zero-order valence-electron chi connectivity index (χ0n) is 20.9. The van der Waals surface area contributed by atoms with Gasteiger partial charge in [-0.1, -0.05) is 49.6 Å². The molecule has 1 N–H and O–H groups in total. The van der Waals surface area contributed by atoms with Crippen LogP contribution in [0.2, 0.25) is 0 Å². The summed E-state index contributed by atoms with van der Waals surface area (Å²) in [6.45, 7) is 0. The number of nitrogens with zero attached hydrogens (tertiary/aromatic N) is 2. The van der Waals surface area contributed by atoms with E-state index in [1.807, 2.05) is 6.08 Å². The minimum Gasteiger partial charge on any atom is -0.508 e. The molecule has 3 fully saturated rings. The molecule has 4 aliphatic rings. The van der Waals surface area contributed by atoms with Crippen LogP contribution in [0.3, 0.4) is 0 Å². The highest BCUT2D eigenvalue weighted by Gasteiger charge is 2.76. The fourth-order valence-corrected chi connectivity index (χ4v) is 8.56. The Labute approximate surface area is 256 Å². The Hall–Kier alpha value is -2.40. The van der Waals surface area contributed by atoms with Crippen LogP contribution in [0.15, 0.2) is 58.6 Å². The van der Waals surface area contributed by atoms with E-state index in [0.717, 1.165) is 9.37 Å². The Balaban J connectivity index is 1.54. The molecule has 2 aromatic rings. The molecule has 2 aromatic carbocycles. The van der Waals surface area contributed by atoms with Crippen LogP contribution >= 0.6 is 55.1 Å². The number of rotatable bonds is 4. The minimum absolute atomic E-state index is 0.0657. The zero-order chi connectivity index (χ0) is 28.7. The predicted octanol–water partition coefficient (Wildman–Crippen LogP) is 5.08. The predicted molar refractivity (Wildman–Crippen MR) is 155 cm³/mol. The van der Waals surface area contributed by atoms with Crippen molar-refractivity contribution in [3.05, 3.63) is 64.1 Å². The lowest BCUT2D eigenvalue weighted by Gasteiger charge is -2.50. The lowest BCUT2D eigenvalue weighted by molar-refractivity contribution is -0.138. The van der Waals surface area contributed by atoms with Gasteiger partial charge in [0.1, 0.15) is 11.5 Å². The molecule has 40 heavy (non-hydrogen) atoms. The number of fused-ring (bicyclic) bond motifs is 4. The monoisotopic (exact) mass is 710 g/mol. The first-order valence-electron chi connectivity index (χ1n) is 12.5. The van der Waals surface area contributed by atoms with Crippen LogP contribution in [0.4, 0.5) is 5.69 Å². The van der Waals surface area contributed by atoms with Crippen molar-refractivity contribution in [3.63, 3.8) is 0 Å². The number of ether oxygens (including phenoxy) is 1. The zero-order valence-corrected chi connectivity index (χ0v) is 25.6. The van der Waals surface area contributed by atoms with Crippen molar-refractivity contribution < 1.29 is 29.0 Å². The van der Waals surface area contributed by atoms with E-state index >= 15 is 0 Å². The summed E-state index contributed by atoms with van der Waals surface area (Å²) in [5.74, 6) is -4.97. The third kappa shape index (κ3) is 3.55. The summed E-state index contributed by atoms with van der Waals surface area (Å²) in [7, 11) is 1.42. The Morgan fingerprint density at radius 1 is 1.02 bits per heavy atom. The molecule has 12 heteroatoms. The average molecular weight is 713 g/mol. The van der Waals surface area contributed by atoms with E-state index in [1.54, 1.807) is 30.3 Å². The number of allylic oxidation sites excluding steroid dienone is 2. The van der Waals surface area contributed by atoms with Crippen molar-refractivity contribution in [3.8, 4) is 11.5 Å². The first-order valence-corrected chi connectivity index (χ1v) is 15.2. The van der Waals surface area contributed by atoms with E-state index in [0.29, 0.717) is 16.8 Å². The van der Waals surface area contributed by atoms with Gasteiger partial charge >= 0.3 is 0 Å². The molecule has 0 bridgehead atoms. The molecule has 2 aliphatic heterocycles. The molecule has 2 heterocycles. The number of hydrogen-bond acceptors (Lipinski definition) is 6. The molecule has 1 saturated carbocycles. The third-order valence-corrected chi connectivity index (χ3v) is 11.1. The van der Waals surface area contributed by atoms with E-state index in [2.05, 4.69) is 31.9 Å². The number of alkyl halides is 3. The lowest BCUT2D eigenvalue weighted by atomic mass is 9.56. The number of methoxy groups -OCH3 is 1. The summed E-state index contributed by atoms with van der Waals surface area (Å²) >= 11 is 21.0. The van der Waals surface area contributed by atoms with Gasteiger partial charge in [-0.05, 0) is 49.1 Å². The molecule has 208 valence electrons. The van der Waals surface area contributed by atoms with E-state index < -0.39 is 45.2 Å². The second-order valence-corrected chi connectivity index (χ2v) is 13.1. The smallest absolute Gasteiger partial charge is 0.254 e. The standard InChI is InChI=1S/C28H22Br2Cl2N2O6/c1-40-20-10-15(35)6-7-17(20)22-16-8-9-18-21(24(37)34(23(18)36)14-4-2-13(30)3-5-14)19(16)11-27(31)25(38)33(12-29)26(39)28(22,27)32/h2-8,10,18-19,21-22,35H,9,11-12H2,1H3/t18-,19+,21-,22+,27+,28-/m0/s1. The second kappa shape index (κ2) is 9.58. The summed E-state index contributed by atoms with van der Waals surface area (Å²) < 4.78 is 6.37. The van der Waals surface area contributed by atoms with Crippen LogP contribution in [-0.4, -0.2) is 55.9 Å². The summed E-state index contributed by atoms with van der Waals surface area (Å²) in [5.41, 5.74) is 1.42. The number of hydrogen-bond donors (Lipinski definition) is 1. The second-order valence-electron chi connectivity index (χ2n) is 10.4. The quantitative estimate of drug-likeness (QED) is 0.205. The number of halogens is 4. The molecule has 0 aromatic heterocycles. The van der Waals surface area contributed by atoms with Crippen molar-refractivity contribution in [1.29, 1.82) is 0 Å². The summed E-state index contributed by atoms with van der Waals surface area (Å²) in [6, 6.07) is 11.3. The van der Waals surface area contributed by atoms with E-state index in [-0.39, 0.29) is 41.6 Å². The van der Waals surface area contributed by atoms with Gasteiger partial charge in [-0.15, -0.1) is 23.2 Å². The Morgan fingerprint density at radius 2 is 1.73 bits per heavy atom. The number of aromatic hydroxyl groups is 1. The van der Waals surface area contributed by atoms with Gasteiger partial charge in [0.25, 0.3) is 11.8 Å². The van der Waals surface area contributed by atoms with Gasteiger partial charge in [-0.2, -0.15) is 0 Å². The fraction of sp³-hybridized carbons (Fsp3) is 0.357. The number of likely N-dealkylation sites (tertiary alicyclic amines) is 1. The number of carbonyl (C=O) groups is 4. The van der Waals surface area contributed by atoms with Crippen LogP contribution in [0.1, 0.15) is 24.3 Å². The molecule has 4 amide bonds. The number of anilines is 1. The van der Waals surface area contributed by atoms with Gasteiger partial charge in [-0.3, -0.25) is 29.0 Å². The van der Waals surface area contributed by atoms with Gasteiger partial charge < -0.3 is 9.84 Å². The number of benzene rings is 2. The molecule has 2 aliphatic carbocycles. The van der Waals surface area contributed by atoms with Crippen LogP contribution in [0.25, 0.3) is 0 Å². The van der Waals surface area contributed by atoms with Crippen molar-refractivity contribution in [1.82, 2.24) is 4.90 Å². The Bertz CT molecular complexity index is 1520. The van der Waals surface area contributed by atoms with Crippen molar-refractivity contribution in [2.24, 2.45) is 17.8 Å². The maximum absolute atomic E-state index is 14.0. The van der Waals surface area contributed by atoms with Gasteiger partial charge in [0.2, 0.25) is 11.8 Å². The highest BCUT2D eigenvalue weighted by atomic mass is 79.9. The van der Waals surface area contributed by atoms with Gasteiger partial charge in [0.15, 0.2) is 9.75 Å². The number of phenols is 1. The van der Waals surface area contributed by atoms with Gasteiger partial charge in [0, 0.05) is 22.0 Å². The van der Waals surface area contributed by atoms with Crippen LogP contribution in [-0.2, 0) is 19.2 Å². The lowest BCUT2D eigenvalue weighted by Crippen LogP contribution is -2.60. The Morgan fingerprint density at radius 3 is 2.38 bits per heavy atom. The summed E-state index contributed by atoms with van der Waals surface area (Å²) in [6.07, 6.45) is 2.00. The van der Waals surface area contributed by atoms with Crippen LogP contribution < -0.4 is 9.64 Å². The summed E-state index contributed by atoms with van der Waals surface area (Å²) in [5, 5.41) is 10.1. The highest BCUT2D eigenvalue weighted by Crippen LogP contribution is 2.66. The molecule has 0 spiro atoms. The molecule has 6 rings (SSSR count). The fourth-order valence-electron chi connectivity index (χ4n) is 6.88. The van der Waals surface area contributed by atoms with Crippen molar-refractivity contribution in [2.45, 2.75) is 28.5 Å². The van der Waals surface area contributed by atoms with E-state index in [4.69, 9.17) is 27.9 Å². The molecule has 8 nitrogen and oxygen atoms in total. The largest absolute Gasteiger partial charge is 0.508 e. The normalized spacial score (nSPS) is 33.1. The van der Waals surface area contributed by atoms with E-state index in [9.17, 15) is 24.3 Å². The van der Waals surface area contributed by atoms with E-state index in [1.165, 1.54) is 24.1 Å². The molecule has 6 atom stereocenters. The maximum Gasteiger partial charge on any atom is 0.254 e. The van der Waals surface area contributed by atoms with Crippen LogP contribution in [0.5, 0.6) is 11.5 Å². The van der Waals surface area contributed by atoms with Crippen molar-refractivity contribution >= 4 is 84.4 Å². The number of imide groups is 2. The Kier molecular flexibility index (Phi) is 6.64. The summed E-state index contributed by atoms with van der Waals surface area (Å²) in [4.78, 5) is 53.5. The molecule has 2 saturated heterocycles. The first kappa shape index (κ1) is 27.8. The van der Waals surface area contributed by atoms with Crippen molar-refractivity contribution in [2.75, 3.05) is 17.5 Å². The molecule has 0 radical (unpaired) electrons. The number of carbonyl (C=O) groups excluding carboxylic acids is 4. The minimum atomic E-state index is -1.95. The van der Waals surface area contributed by atoms with Crippen LogP contribution in [0, 0.1) is 17.8 Å².